The van der Waals surface area contributed by atoms with Crippen LogP contribution in [0.15, 0.2) is 41.2 Å². The van der Waals surface area contributed by atoms with Gasteiger partial charge in [0.15, 0.2) is 0 Å². The Labute approximate surface area is 111 Å². The third-order valence-corrected chi connectivity index (χ3v) is 3.43. The summed E-state index contributed by atoms with van der Waals surface area (Å²) in [5.41, 5.74) is 7.94. The number of nitrogens with two attached hydrogens (primary N) is 1. The molecule has 1 saturated carbocycles. The van der Waals surface area contributed by atoms with Crippen LogP contribution in [0.4, 0.5) is 0 Å². The fourth-order valence-electron chi connectivity index (χ4n) is 2.23. The minimum atomic E-state index is -0.123. The predicted molar refractivity (Wildman–Crippen MR) is 73.9 cm³/mol. The SMILES string of the molecule is NC(Cc1cc(=O)[nH]c(C2CC2)n1)c1ccccc1. The molecule has 0 spiro atoms. The molecule has 19 heavy (non-hydrogen) atoms. The molecule has 3 rings (SSSR count). The zero-order valence-electron chi connectivity index (χ0n) is 10.7. The molecule has 1 atom stereocenters. The molecule has 3 N–H and O–H groups in total. The van der Waals surface area contributed by atoms with Crippen LogP contribution in [0, 0.1) is 0 Å². The number of hydrogen-bond acceptors (Lipinski definition) is 3. The zero-order chi connectivity index (χ0) is 13.2. The molecule has 0 amide bonds. The first kappa shape index (κ1) is 12.1. The van der Waals surface area contributed by atoms with Gasteiger partial charge in [-0.25, -0.2) is 4.98 Å². The Hall–Kier alpha value is -1.94. The van der Waals surface area contributed by atoms with E-state index in [2.05, 4.69) is 9.97 Å². The van der Waals surface area contributed by atoms with Crippen LogP contribution in [0.5, 0.6) is 0 Å². The molecule has 1 heterocycles. The Balaban J connectivity index is 1.81. The van der Waals surface area contributed by atoms with E-state index in [0.717, 1.165) is 29.9 Å². The van der Waals surface area contributed by atoms with E-state index in [1.807, 2.05) is 30.3 Å². The number of nitrogens with zero attached hydrogens (tertiary/aromatic N) is 1. The Bertz CT molecular complexity index is 617. The van der Waals surface area contributed by atoms with Gasteiger partial charge in [0.2, 0.25) is 0 Å². The number of hydrogen-bond donors (Lipinski definition) is 2. The molecule has 98 valence electrons. The van der Waals surface area contributed by atoms with Crippen molar-refractivity contribution in [3.63, 3.8) is 0 Å². The Morgan fingerprint density at radius 1 is 1.32 bits per heavy atom. The van der Waals surface area contributed by atoms with Crippen molar-refractivity contribution >= 4 is 0 Å². The molecule has 2 aromatic rings. The molecule has 0 bridgehead atoms. The molecule has 1 unspecified atom stereocenters. The highest BCUT2D eigenvalue weighted by Gasteiger charge is 2.26. The van der Waals surface area contributed by atoms with Gasteiger partial charge in [-0.15, -0.1) is 0 Å². The van der Waals surface area contributed by atoms with Crippen molar-refractivity contribution in [2.24, 2.45) is 5.73 Å². The second kappa shape index (κ2) is 4.97. The van der Waals surface area contributed by atoms with E-state index in [-0.39, 0.29) is 11.6 Å². The molecule has 1 aliphatic carbocycles. The van der Waals surface area contributed by atoms with Crippen molar-refractivity contribution in [1.82, 2.24) is 9.97 Å². The molecule has 0 radical (unpaired) electrons. The Morgan fingerprint density at radius 3 is 2.74 bits per heavy atom. The summed E-state index contributed by atoms with van der Waals surface area (Å²) in [7, 11) is 0. The van der Waals surface area contributed by atoms with Crippen LogP contribution in [0.2, 0.25) is 0 Å². The summed E-state index contributed by atoms with van der Waals surface area (Å²) in [5.74, 6) is 1.27. The molecule has 1 aliphatic rings. The lowest BCUT2D eigenvalue weighted by molar-refractivity contribution is 0.695. The van der Waals surface area contributed by atoms with Gasteiger partial charge in [0.25, 0.3) is 5.56 Å². The third kappa shape index (κ3) is 2.90. The van der Waals surface area contributed by atoms with E-state index in [1.54, 1.807) is 6.07 Å². The summed E-state index contributed by atoms with van der Waals surface area (Å²) in [6, 6.07) is 11.3. The van der Waals surface area contributed by atoms with Gasteiger partial charge in [0, 0.05) is 30.1 Å². The highest BCUT2D eigenvalue weighted by Crippen LogP contribution is 2.37. The van der Waals surface area contributed by atoms with Crippen LogP contribution in [-0.4, -0.2) is 9.97 Å². The van der Waals surface area contributed by atoms with Gasteiger partial charge in [-0.05, 0) is 18.4 Å². The fourth-order valence-corrected chi connectivity index (χ4v) is 2.23. The lowest BCUT2D eigenvalue weighted by atomic mass is 10.0. The largest absolute Gasteiger partial charge is 0.324 e. The van der Waals surface area contributed by atoms with Gasteiger partial charge in [-0.1, -0.05) is 30.3 Å². The van der Waals surface area contributed by atoms with Crippen LogP contribution in [0.1, 0.15) is 41.9 Å². The monoisotopic (exact) mass is 255 g/mol. The lowest BCUT2D eigenvalue weighted by Crippen LogP contribution is -2.18. The summed E-state index contributed by atoms with van der Waals surface area (Å²) in [6.45, 7) is 0. The molecule has 1 fully saturated rings. The number of aromatic amines is 1. The maximum atomic E-state index is 11.6. The smallest absolute Gasteiger partial charge is 0.251 e. The number of rotatable bonds is 4. The highest BCUT2D eigenvalue weighted by atomic mass is 16.1. The maximum Gasteiger partial charge on any atom is 0.251 e. The van der Waals surface area contributed by atoms with Crippen molar-refractivity contribution < 1.29 is 0 Å². The van der Waals surface area contributed by atoms with Crippen LogP contribution in [0.25, 0.3) is 0 Å². The van der Waals surface area contributed by atoms with E-state index < -0.39 is 0 Å². The molecule has 1 aromatic carbocycles. The van der Waals surface area contributed by atoms with Gasteiger partial charge < -0.3 is 10.7 Å². The number of H-pyrrole nitrogens is 1. The standard InChI is InChI=1S/C15H17N3O/c16-13(10-4-2-1-3-5-10)8-12-9-14(19)18-15(17-12)11-6-7-11/h1-5,9,11,13H,6-8,16H2,(H,17,18,19). The molecule has 1 aromatic heterocycles. The normalized spacial score (nSPS) is 16.3. The fraction of sp³-hybridized carbons (Fsp3) is 0.333. The summed E-state index contributed by atoms with van der Waals surface area (Å²) in [5, 5.41) is 0. The number of nitrogens with one attached hydrogen (secondary N) is 1. The summed E-state index contributed by atoms with van der Waals surface area (Å²) >= 11 is 0. The van der Waals surface area contributed by atoms with Crippen molar-refractivity contribution in [3.05, 3.63) is 63.8 Å². The molecule has 4 nitrogen and oxygen atoms in total. The van der Waals surface area contributed by atoms with Crippen molar-refractivity contribution in [1.29, 1.82) is 0 Å². The van der Waals surface area contributed by atoms with Crippen LogP contribution in [-0.2, 0) is 6.42 Å². The average molecular weight is 255 g/mol. The quantitative estimate of drug-likeness (QED) is 0.876. The first-order valence-corrected chi connectivity index (χ1v) is 6.63. The van der Waals surface area contributed by atoms with Gasteiger partial charge >= 0.3 is 0 Å². The lowest BCUT2D eigenvalue weighted by Gasteiger charge is -2.11. The first-order valence-electron chi connectivity index (χ1n) is 6.63. The zero-order valence-corrected chi connectivity index (χ0v) is 10.7. The molecule has 0 aliphatic heterocycles. The molecular weight excluding hydrogens is 238 g/mol. The molecule has 4 heteroatoms. The van der Waals surface area contributed by atoms with Gasteiger partial charge in [-0.2, -0.15) is 0 Å². The number of benzene rings is 1. The van der Waals surface area contributed by atoms with E-state index in [9.17, 15) is 4.79 Å². The second-order valence-electron chi connectivity index (χ2n) is 5.12. The highest BCUT2D eigenvalue weighted by molar-refractivity contribution is 5.21. The molecular formula is C15H17N3O. The topological polar surface area (TPSA) is 71.8 Å². The maximum absolute atomic E-state index is 11.6. The van der Waals surface area contributed by atoms with Gasteiger partial charge in [-0.3, -0.25) is 4.79 Å². The summed E-state index contributed by atoms with van der Waals surface area (Å²) in [4.78, 5) is 19.0. The minimum Gasteiger partial charge on any atom is -0.324 e. The van der Waals surface area contributed by atoms with Gasteiger partial charge in [0.05, 0.1) is 0 Å². The van der Waals surface area contributed by atoms with Crippen molar-refractivity contribution in [2.45, 2.75) is 31.2 Å². The Kier molecular flexibility index (Phi) is 3.17. The van der Waals surface area contributed by atoms with Crippen molar-refractivity contribution in [3.8, 4) is 0 Å². The van der Waals surface area contributed by atoms with E-state index in [4.69, 9.17) is 5.73 Å². The van der Waals surface area contributed by atoms with Crippen LogP contribution >= 0.6 is 0 Å². The van der Waals surface area contributed by atoms with E-state index in [0.29, 0.717) is 12.3 Å². The van der Waals surface area contributed by atoms with Gasteiger partial charge in [0.1, 0.15) is 5.82 Å². The minimum absolute atomic E-state index is 0.0767. The predicted octanol–water partition coefficient (Wildman–Crippen LogP) is 1.89. The third-order valence-electron chi connectivity index (χ3n) is 3.43. The van der Waals surface area contributed by atoms with Crippen LogP contribution < -0.4 is 11.3 Å². The number of aromatic nitrogens is 2. The first-order chi connectivity index (χ1) is 9.22. The van der Waals surface area contributed by atoms with Crippen molar-refractivity contribution in [2.75, 3.05) is 0 Å². The van der Waals surface area contributed by atoms with E-state index >= 15 is 0 Å². The second-order valence-corrected chi connectivity index (χ2v) is 5.12. The van der Waals surface area contributed by atoms with E-state index in [1.165, 1.54) is 0 Å². The molecule has 0 saturated heterocycles. The van der Waals surface area contributed by atoms with Crippen LogP contribution in [0.3, 0.4) is 0 Å². The summed E-state index contributed by atoms with van der Waals surface area (Å²) < 4.78 is 0. The Morgan fingerprint density at radius 2 is 2.05 bits per heavy atom. The summed E-state index contributed by atoms with van der Waals surface area (Å²) in [6.07, 6.45) is 2.84. The average Bonchev–Trinajstić information content (AvgIpc) is 3.23.